The van der Waals surface area contributed by atoms with Gasteiger partial charge in [0.1, 0.15) is 5.82 Å². The molecule has 1 unspecified atom stereocenters. The molecule has 3 aromatic carbocycles. The summed E-state index contributed by atoms with van der Waals surface area (Å²) in [4.78, 5) is 2.42. The molecule has 1 aliphatic rings. The maximum atomic E-state index is 14.2. The minimum atomic E-state index is -0.404. The van der Waals surface area contributed by atoms with Crippen molar-refractivity contribution in [3.8, 4) is 0 Å². The van der Waals surface area contributed by atoms with Gasteiger partial charge < -0.3 is 5.32 Å². The van der Waals surface area contributed by atoms with Crippen molar-refractivity contribution in [3.05, 3.63) is 100 Å². The van der Waals surface area contributed by atoms with Crippen LogP contribution < -0.4 is 5.32 Å². The molecule has 2 N–H and O–H groups in total. The van der Waals surface area contributed by atoms with Crippen molar-refractivity contribution in [2.45, 2.75) is 19.0 Å². The van der Waals surface area contributed by atoms with E-state index in [1.54, 1.807) is 30.3 Å². The summed E-state index contributed by atoms with van der Waals surface area (Å²) in [7, 11) is 0. The molecule has 29 heavy (non-hydrogen) atoms. The first-order chi connectivity index (χ1) is 14.1. The summed E-state index contributed by atoms with van der Waals surface area (Å²) in [5.41, 5.74) is 3.14. The van der Waals surface area contributed by atoms with Crippen LogP contribution in [0.25, 0.3) is 0 Å². The van der Waals surface area contributed by atoms with Crippen LogP contribution in [0.5, 0.6) is 0 Å². The average molecular weight is 408 g/mol. The Balaban J connectivity index is 1.50. The van der Waals surface area contributed by atoms with Crippen molar-refractivity contribution in [1.29, 1.82) is 5.41 Å². The Morgan fingerprint density at radius 3 is 2.59 bits per heavy atom. The van der Waals surface area contributed by atoms with E-state index in [-0.39, 0.29) is 17.3 Å². The molecule has 1 atom stereocenters. The molecule has 1 saturated heterocycles. The summed E-state index contributed by atoms with van der Waals surface area (Å²) >= 11 is 6.19. The van der Waals surface area contributed by atoms with Crippen LogP contribution in [0.15, 0.2) is 72.8 Å². The lowest BCUT2D eigenvalue weighted by Gasteiger charge is -2.20. The van der Waals surface area contributed by atoms with Gasteiger partial charge in [0, 0.05) is 47.5 Å². The SMILES string of the molecule is N=C(c1ccccc1F)c1cc(Cl)ccc1NC1CCN(Cc2ccccc2)C1. The van der Waals surface area contributed by atoms with Crippen LogP contribution in [0.3, 0.4) is 0 Å². The van der Waals surface area contributed by atoms with E-state index in [4.69, 9.17) is 17.0 Å². The molecule has 148 valence electrons. The summed E-state index contributed by atoms with van der Waals surface area (Å²) in [5.74, 6) is -0.404. The molecule has 1 heterocycles. The van der Waals surface area contributed by atoms with Crippen LogP contribution in [0, 0.1) is 11.2 Å². The Kier molecular flexibility index (Phi) is 5.93. The third-order valence-electron chi connectivity index (χ3n) is 5.28. The van der Waals surface area contributed by atoms with Gasteiger partial charge >= 0.3 is 0 Å². The predicted molar refractivity (Wildman–Crippen MR) is 118 cm³/mol. The van der Waals surface area contributed by atoms with Crippen LogP contribution in [0.4, 0.5) is 10.1 Å². The molecule has 3 nitrogen and oxygen atoms in total. The van der Waals surface area contributed by atoms with Crippen LogP contribution >= 0.6 is 11.6 Å². The second-order valence-electron chi connectivity index (χ2n) is 7.40. The fraction of sp³-hybridized carbons (Fsp3) is 0.208. The number of likely N-dealkylation sites (tertiary alicyclic amines) is 1. The lowest BCUT2D eigenvalue weighted by atomic mass is 10.00. The highest BCUT2D eigenvalue weighted by Crippen LogP contribution is 2.27. The molecule has 0 aromatic heterocycles. The number of hydrogen-bond acceptors (Lipinski definition) is 3. The fourth-order valence-corrected chi connectivity index (χ4v) is 3.99. The Bertz CT molecular complexity index is 1010. The zero-order valence-corrected chi connectivity index (χ0v) is 16.8. The maximum absolute atomic E-state index is 14.2. The highest BCUT2D eigenvalue weighted by atomic mass is 35.5. The standard InChI is InChI=1S/C24H23ClFN3/c25-18-10-11-23(21(14-18)24(27)20-8-4-5-9-22(20)26)28-19-12-13-29(16-19)15-17-6-2-1-3-7-17/h1-11,14,19,27-28H,12-13,15-16H2. The van der Waals surface area contributed by atoms with Crippen molar-refractivity contribution < 1.29 is 4.39 Å². The van der Waals surface area contributed by atoms with Crippen LogP contribution in [0.2, 0.25) is 5.02 Å². The van der Waals surface area contributed by atoms with E-state index in [2.05, 4.69) is 34.5 Å². The molecule has 0 saturated carbocycles. The number of hydrogen-bond donors (Lipinski definition) is 2. The van der Waals surface area contributed by atoms with Gasteiger partial charge in [0.2, 0.25) is 0 Å². The highest BCUT2D eigenvalue weighted by Gasteiger charge is 2.24. The number of nitrogens with one attached hydrogen (secondary N) is 2. The molecule has 0 radical (unpaired) electrons. The van der Waals surface area contributed by atoms with Crippen LogP contribution in [0.1, 0.15) is 23.1 Å². The van der Waals surface area contributed by atoms with Gasteiger partial charge in [-0.05, 0) is 42.3 Å². The van der Waals surface area contributed by atoms with E-state index in [9.17, 15) is 4.39 Å². The molecule has 0 aliphatic carbocycles. The van der Waals surface area contributed by atoms with Crippen LogP contribution in [-0.2, 0) is 6.54 Å². The number of benzene rings is 3. The van der Waals surface area contributed by atoms with Gasteiger partial charge in [-0.3, -0.25) is 10.3 Å². The second-order valence-corrected chi connectivity index (χ2v) is 7.83. The van der Waals surface area contributed by atoms with E-state index in [0.29, 0.717) is 10.6 Å². The third-order valence-corrected chi connectivity index (χ3v) is 5.51. The Morgan fingerprint density at radius 1 is 1.03 bits per heavy atom. The van der Waals surface area contributed by atoms with Gasteiger partial charge in [0.05, 0.1) is 5.71 Å². The van der Waals surface area contributed by atoms with Crippen molar-refractivity contribution in [2.75, 3.05) is 18.4 Å². The van der Waals surface area contributed by atoms with E-state index in [0.717, 1.165) is 31.7 Å². The Hall–Kier alpha value is -2.69. The minimum absolute atomic E-state index is 0.132. The average Bonchev–Trinajstić information content (AvgIpc) is 3.17. The van der Waals surface area contributed by atoms with E-state index < -0.39 is 5.82 Å². The molecular weight excluding hydrogens is 385 g/mol. The normalized spacial score (nSPS) is 16.7. The number of halogens is 2. The number of nitrogens with zero attached hydrogens (tertiary/aromatic N) is 1. The first kappa shape index (κ1) is 19.6. The van der Waals surface area contributed by atoms with Gasteiger partial charge in [-0.25, -0.2) is 4.39 Å². The molecule has 5 heteroatoms. The first-order valence-corrected chi connectivity index (χ1v) is 10.1. The summed E-state index contributed by atoms with van der Waals surface area (Å²) in [6.07, 6.45) is 1.02. The van der Waals surface area contributed by atoms with E-state index in [1.807, 2.05) is 12.1 Å². The molecule has 4 rings (SSSR count). The number of rotatable bonds is 6. The molecule has 0 bridgehead atoms. The Morgan fingerprint density at radius 2 is 1.79 bits per heavy atom. The van der Waals surface area contributed by atoms with Crippen LogP contribution in [-0.4, -0.2) is 29.7 Å². The van der Waals surface area contributed by atoms with Gasteiger partial charge in [-0.2, -0.15) is 0 Å². The quantitative estimate of drug-likeness (QED) is 0.523. The summed E-state index contributed by atoms with van der Waals surface area (Å²) in [6.45, 7) is 2.86. The molecule has 3 aromatic rings. The smallest absolute Gasteiger partial charge is 0.132 e. The van der Waals surface area contributed by atoms with Gasteiger partial charge in [0.25, 0.3) is 0 Å². The zero-order chi connectivity index (χ0) is 20.2. The van der Waals surface area contributed by atoms with Gasteiger partial charge in [-0.1, -0.05) is 54.1 Å². The third kappa shape index (κ3) is 4.66. The highest BCUT2D eigenvalue weighted by molar-refractivity contribution is 6.31. The lowest BCUT2D eigenvalue weighted by Crippen LogP contribution is -2.26. The van der Waals surface area contributed by atoms with Crippen molar-refractivity contribution in [1.82, 2.24) is 4.90 Å². The largest absolute Gasteiger partial charge is 0.380 e. The number of anilines is 1. The van der Waals surface area contributed by atoms with E-state index in [1.165, 1.54) is 11.6 Å². The molecule has 0 amide bonds. The van der Waals surface area contributed by atoms with Crippen molar-refractivity contribution >= 4 is 23.0 Å². The molecule has 1 fully saturated rings. The summed E-state index contributed by atoms with van der Waals surface area (Å²) in [5, 5.41) is 12.7. The van der Waals surface area contributed by atoms with Crippen molar-refractivity contribution in [3.63, 3.8) is 0 Å². The minimum Gasteiger partial charge on any atom is -0.380 e. The Labute approximate surface area is 175 Å². The first-order valence-electron chi connectivity index (χ1n) is 9.76. The fourth-order valence-electron chi connectivity index (χ4n) is 3.81. The molecule has 0 spiro atoms. The molecular formula is C24H23ClFN3. The monoisotopic (exact) mass is 407 g/mol. The predicted octanol–water partition coefficient (Wildman–Crippen LogP) is 5.58. The second kappa shape index (κ2) is 8.76. The summed E-state index contributed by atoms with van der Waals surface area (Å²) in [6, 6.07) is 22.5. The zero-order valence-electron chi connectivity index (χ0n) is 16.0. The topological polar surface area (TPSA) is 39.1 Å². The van der Waals surface area contributed by atoms with Crippen molar-refractivity contribution in [2.24, 2.45) is 0 Å². The van der Waals surface area contributed by atoms with E-state index >= 15 is 0 Å². The summed E-state index contributed by atoms with van der Waals surface area (Å²) < 4.78 is 14.2. The maximum Gasteiger partial charge on any atom is 0.132 e. The van der Waals surface area contributed by atoms with Gasteiger partial charge in [-0.15, -0.1) is 0 Å². The lowest BCUT2D eigenvalue weighted by molar-refractivity contribution is 0.328. The molecule has 1 aliphatic heterocycles. The van der Waals surface area contributed by atoms with Gasteiger partial charge in [0.15, 0.2) is 0 Å².